The van der Waals surface area contributed by atoms with Crippen LogP contribution in [0.15, 0.2) is 73.7 Å². The zero-order valence-corrected chi connectivity index (χ0v) is 18.0. The first kappa shape index (κ1) is 20.9. The average molecular weight is 459 g/mol. The van der Waals surface area contributed by atoms with Gasteiger partial charge in [0.15, 0.2) is 11.4 Å². The van der Waals surface area contributed by atoms with Gasteiger partial charge in [-0.05, 0) is 43.3 Å². The Morgan fingerprint density at radius 3 is 2.61 bits per heavy atom. The van der Waals surface area contributed by atoms with Crippen molar-refractivity contribution in [1.82, 2.24) is 10.1 Å². The number of benzene rings is 2. The van der Waals surface area contributed by atoms with Crippen molar-refractivity contribution in [2.24, 2.45) is 0 Å². The van der Waals surface area contributed by atoms with Crippen LogP contribution in [0.3, 0.4) is 0 Å². The smallest absolute Gasteiger partial charge is 0.263 e. The van der Waals surface area contributed by atoms with Crippen molar-refractivity contribution in [2.75, 3.05) is 15.8 Å². The molecule has 2 aromatic carbocycles. The molecular weight excluding hydrogens is 440 g/mol. The third-order valence-electron chi connectivity index (χ3n) is 4.14. The normalized spacial score (nSPS) is 11.5. The van der Waals surface area contributed by atoms with E-state index in [4.69, 9.17) is 8.94 Å². The van der Waals surface area contributed by atoms with E-state index < -0.39 is 10.0 Å². The highest BCUT2D eigenvalue weighted by atomic mass is 32.2. The number of aryl methyl sites for hydroxylation is 1. The van der Waals surface area contributed by atoms with Gasteiger partial charge in [0.2, 0.25) is 5.91 Å². The van der Waals surface area contributed by atoms with E-state index in [0.29, 0.717) is 28.0 Å². The number of carbonyl (C=O) groups excluding carboxylic acids is 1. The summed E-state index contributed by atoms with van der Waals surface area (Å²) in [5, 5.41) is 6.86. The van der Waals surface area contributed by atoms with Crippen LogP contribution in [-0.2, 0) is 14.8 Å². The summed E-state index contributed by atoms with van der Waals surface area (Å²) in [7, 11) is -3.81. The van der Waals surface area contributed by atoms with Crippen LogP contribution in [0.1, 0.15) is 12.2 Å². The van der Waals surface area contributed by atoms with Gasteiger partial charge in [-0.3, -0.25) is 9.52 Å². The van der Waals surface area contributed by atoms with Gasteiger partial charge in [0.1, 0.15) is 11.3 Å². The largest absolute Gasteiger partial charge is 0.431 e. The minimum atomic E-state index is -3.81. The van der Waals surface area contributed by atoms with Crippen LogP contribution in [-0.4, -0.2) is 30.2 Å². The number of aromatic nitrogens is 2. The van der Waals surface area contributed by atoms with Crippen molar-refractivity contribution in [3.63, 3.8) is 0 Å². The minimum absolute atomic E-state index is 0.0395. The number of sulfonamides is 1. The summed E-state index contributed by atoms with van der Waals surface area (Å²) in [5.41, 5.74) is 1.98. The molecule has 0 saturated carbocycles. The number of rotatable bonds is 8. The number of carbonyl (C=O) groups is 1. The molecule has 0 aliphatic rings. The highest BCUT2D eigenvalue weighted by Crippen LogP contribution is 2.24. The van der Waals surface area contributed by atoms with Crippen molar-refractivity contribution in [1.29, 1.82) is 0 Å². The number of hydrogen-bond acceptors (Lipinski definition) is 8. The number of nitrogens with one attached hydrogen (secondary N) is 2. The Morgan fingerprint density at radius 2 is 1.90 bits per heavy atom. The summed E-state index contributed by atoms with van der Waals surface area (Å²) < 4.78 is 37.6. The quantitative estimate of drug-likeness (QED) is 0.379. The van der Waals surface area contributed by atoms with E-state index in [1.165, 1.54) is 42.1 Å². The monoisotopic (exact) mass is 458 g/mol. The summed E-state index contributed by atoms with van der Waals surface area (Å²) in [4.78, 5) is 16.6. The Hall–Kier alpha value is -3.31. The van der Waals surface area contributed by atoms with Gasteiger partial charge in [-0.25, -0.2) is 13.4 Å². The van der Waals surface area contributed by atoms with Crippen LogP contribution in [0.25, 0.3) is 11.1 Å². The molecule has 1 amide bonds. The summed E-state index contributed by atoms with van der Waals surface area (Å²) in [6, 6.07) is 14.8. The molecule has 0 spiro atoms. The molecule has 2 aromatic heterocycles. The van der Waals surface area contributed by atoms with Crippen LogP contribution < -0.4 is 10.0 Å². The predicted octanol–water partition coefficient (Wildman–Crippen LogP) is 4.05. The maximum Gasteiger partial charge on any atom is 0.263 e. The van der Waals surface area contributed by atoms with Gasteiger partial charge in [-0.2, -0.15) is 0 Å². The number of nitrogens with zero attached hydrogens (tertiary/aromatic N) is 2. The molecule has 0 atom stereocenters. The molecule has 2 N–H and O–H groups in total. The lowest BCUT2D eigenvalue weighted by Crippen LogP contribution is -2.14. The van der Waals surface area contributed by atoms with Gasteiger partial charge in [-0.1, -0.05) is 29.1 Å². The highest BCUT2D eigenvalue weighted by molar-refractivity contribution is 7.99. The second kappa shape index (κ2) is 8.82. The molecule has 0 radical (unpaired) electrons. The fourth-order valence-corrected chi connectivity index (χ4v) is 4.45. The van der Waals surface area contributed by atoms with E-state index in [9.17, 15) is 13.2 Å². The fourth-order valence-electron chi connectivity index (χ4n) is 2.70. The summed E-state index contributed by atoms with van der Waals surface area (Å²) in [5.74, 6) is 0.887. The molecule has 4 rings (SSSR count). The number of hydrogen-bond donors (Lipinski definition) is 2. The molecule has 0 bridgehead atoms. The van der Waals surface area contributed by atoms with E-state index in [1.807, 2.05) is 24.3 Å². The molecule has 31 heavy (non-hydrogen) atoms. The lowest BCUT2D eigenvalue weighted by Gasteiger charge is -2.07. The van der Waals surface area contributed by atoms with Crippen LogP contribution in [0.5, 0.6) is 0 Å². The van der Waals surface area contributed by atoms with Gasteiger partial charge in [0.25, 0.3) is 15.2 Å². The number of oxazole rings is 1. The lowest BCUT2D eigenvalue weighted by molar-refractivity contribution is -0.115. The Kier molecular flexibility index (Phi) is 5.96. The van der Waals surface area contributed by atoms with Crippen LogP contribution in [0, 0.1) is 6.92 Å². The van der Waals surface area contributed by atoms with Crippen molar-refractivity contribution >= 4 is 50.3 Å². The second-order valence-electron chi connectivity index (χ2n) is 6.55. The number of anilines is 2. The van der Waals surface area contributed by atoms with E-state index >= 15 is 0 Å². The first-order chi connectivity index (χ1) is 14.9. The van der Waals surface area contributed by atoms with Crippen molar-refractivity contribution in [3.8, 4) is 0 Å². The summed E-state index contributed by atoms with van der Waals surface area (Å²) in [6.07, 6.45) is 0.247. The third-order valence-corrected chi connectivity index (χ3v) is 6.34. The fraction of sp³-hybridized carbons (Fsp3) is 0.150. The van der Waals surface area contributed by atoms with Crippen LogP contribution in [0.4, 0.5) is 11.5 Å². The van der Waals surface area contributed by atoms with Crippen molar-refractivity contribution in [2.45, 2.75) is 23.5 Å². The lowest BCUT2D eigenvalue weighted by atomic mass is 10.3. The van der Waals surface area contributed by atoms with E-state index in [2.05, 4.69) is 20.2 Å². The molecule has 2 heterocycles. The van der Waals surface area contributed by atoms with E-state index in [-0.39, 0.29) is 23.0 Å². The minimum Gasteiger partial charge on any atom is -0.431 e. The molecule has 4 aromatic rings. The van der Waals surface area contributed by atoms with E-state index in [0.717, 1.165) is 5.52 Å². The first-order valence-corrected chi connectivity index (χ1v) is 11.7. The standard InChI is InChI=1S/C20H18N4O5S2/c1-13-12-18(23-29-13)24-31(26,27)15-8-6-14(7-9-15)21-19(25)10-11-30-20-22-16-4-2-3-5-17(16)28-20/h2-9,12H,10-11H2,1H3,(H,21,25)(H,23,24). The SMILES string of the molecule is Cc1cc(NS(=O)(=O)c2ccc(NC(=O)CCSc3nc4ccccc4o3)cc2)no1. The molecule has 0 saturated heterocycles. The third kappa shape index (κ3) is 5.25. The Morgan fingerprint density at radius 1 is 1.13 bits per heavy atom. The molecule has 0 unspecified atom stereocenters. The molecule has 160 valence electrons. The highest BCUT2D eigenvalue weighted by Gasteiger charge is 2.16. The second-order valence-corrected chi connectivity index (χ2v) is 9.28. The first-order valence-electron chi connectivity index (χ1n) is 9.23. The molecule has 11 heteroatoms. The summed E-state index contributed by atoms with van der Waals surface area (Å²) >= 11 is 1.35. The molecule has 0 fully saturated rings. The number of fused-ring (bicyclic) bond motifs is 1. The van der Waals surface area contributed by atoms with Crippen LogP contribution in [0.2, 0.25) is 0 Å². The van der Waals surface area contributed by atoms with Gasteiger partial charge >= 0.3 is 0 Å². The van der Waals surface area contributed by atoms with Crippen molar-refractivity contribution in [3.05, 3.63) is 60.4 Å². The number of amides is 1. The van der Waals surface area contributed by atoms with Gasteiger partial charge in [0.05, 0.1) is 4.90 Å². The van der Waals surface area contributed by atoms with Gasteiger partial charge in [-0.15, -0.1) is 0 Å². The molecular formula is C20H18N4O5S2. The Labute approximate surface area is 182 Å². The van der Waals surface area contributed by atoms with Gasteiger partial charge < -0.3 is 14.3 Å². The number of thioether (sulfide) groups is 1. The maximum atomic E-state index is 12.4. The molecule has 0 aliphatic heterocycles. The summed E-state index contributed by atoms with van der Waals surface area (Å²) in [6.45, 7) is 1.66. The zero-order chi connectivity index (χ0) is 21.8. The molecule has 0 aliphatic carbocycles. The topological polar surface area (TPSA) is 127 Å². The van der Waals surface area contributed by atoms with E-state index in [1.54, 1.807) is 6.92 Å². The zero-order valence-electron chi connectivity index (χ0n) is 16.4. The number of para-hydroxylation sites is 2. The predicted molar refractivity (Wildman–Crippen MR) is 116 cm³/mol. The molecule has 9 nitrogen and oxygen atoms in total. The average Bonchev–Trinajstić information content (AvgIpc) is 3.33. The van der Waals surface area contributed by atoms with Gasteiger partial charge in [0, 0.05) is 23.9 Å². The Balaban J connectivity index is 1.29. The van der Waals surface area contributed by atoms with Crippen molar-refractivity contribution < 1.29 is 22.2 Å². The van der Waals surface area contributed by atoms with Crippen LogP contribution >= 0.6 is 11.8 Å². The maximum absolute atomic E-state index is 12.4. The Bertz CT molecular complexity index is 1280.